The number of nitrogens with two attached hydrogens (primary N) is 1. The van der Waals surface area contributed by atoms with Gasteiger partial charge in [0.1, 0.15) is 12.6 Å². The van der Waals surface area contributed by atoms with Crippen molar-refractivity contribution in [3.05, 3.63) is 24.3 Å². The van der Waals surface area contributed by atoms with Gasteiger partial charge in [0.25, 0.3) is 5.91 Å². The molecule has 124 valence electrons. The van der Waals surface area contributed by atoms with Gasteiger partial charge in [0.05, 0.1) is 6.61 Å². The van der Waals surface area contributed by atoms with Crippen LogP contribution in [0.3, 0.4) is 0 Å². The number of hydrogen-bond acceptors (Lipinski definition) is 5. The maximum atomic E-state index is 12.0. The molecule has 0 saturated carbocycles. The molecule has 0 radical (unpaired) electrons. The molecule has 1 heterocycles. The molecule has 1 fully saturated rings. The number of anilines is 2. The summed E-state index contributed by atoms with van der Waals surface area (Å²) in [5.74, 6) is -0.809. The summed E-state index contributed by atoms with van der Waals surface area (Å²) in [6.07, 6.45) is 0. The second kappa shape index (κ2) is 7.70. The Balaban J connectivity index is 2.00. The Labute approximate surface area is 134 Å². The molecule has 0 spiro atoms. The fourth-order valence-electron chi connectivity index (χ4n) is 2.22. The summed E-state index contributed by atoms with van der Waals surface area (Å²) in [7, 11) is 0. The topological polar surface area (TPSA) is 114 Å². The predicted molar refractivity (Wildman–Crippen MR) is 84.9 cm³/mol. The molecule has 1 atom stereocenters. The zero-order valence-electron chi connectivity index (χ0n) is 12.9. The van der Waals surface area contributed by atoms with Gasteiger partial charge < -0.3 is 26.0 Å². The van der Waals surface area contributed by atoms with Crippen LogP contribution in [0.15, 0.2) is 24.3 Å². The maximum Gasteiger partial charge on any atom is 0.253 e. The van der Waals surface area contributed by atoms with Crippen molar-refractivity contribution < 1.29 is 19.1 Å². The molecule has 0 aliphatic carbocycles. The number of amides is 3. The maximum absolute atomic E-state index is 12.0. The first-order valence-electron chi connectivity index (χ1n) is 7.27. The van der Waals surface area contributed by atoms with Crippen molar-refractivity contribution in [1.82, 2.24) is 5.32 Å². The van der Waals surface area contributed by atoms with E-state index < -0.39 is 11.9 Å². The van der Waals surface area contributed by atoms with E-state index in [1.54, 1.807) is 29.2 Å². The summed E-state index contributed by atoms with van der Waals surface area (Å²) in [6.45, 7) is 2.41. The molecule has 1 aromatic rings. The van der Waals surface area contributed by atoms with E-state index in [1.807, 2.05) is 0 Å². The van der Waals surface area contributed by atoms with E-state index in [4.69, 9.17) is 10.5 Å². The number of morpholine rings is 1. The van der Waals surface area contributed by atoms with Crippen LogP contribution in [0.5, 0.6) is 0 Å². The van der Waals surface area contributed by atoms with Gasteiger partial charge in [-0.1, -0.05) is 0 Å². The van der Waals surface area contributed by atoms with Crippen molar-refractivity contribution in [3.63, 3.8) is 0 Å². The Kier molecular flexibility index (Phi) is 5.67. The van der Waals surface area contributed by atoms with Crippen LogP contribution in [0.2, 0.25) is 0 Å². The van der Waals surface area contributed by atoms with Crippen LogP contribution >= 0.6 is 0 Å². The minimum atomic E-state index is -0.784. The third-order valence-electron chi connectivity index (χ3n) is 3.36. The summed E-state index contributed by atoms with van der Waals surface area (Å²) in [5, 5.41) is 5.15. The number of carbonyl (C=O) groups excluding carboxylic acids is 3. The molecule has 1 aliphatic heterocycles. The standard InChI is InChI=1S/C15H20N4O4/c1-10(20)17-13(8-16)15(22)18-11-2-4-12(5-3-11)19-6-7-23-9-14(19)21/h2-5,13H,6-9,16H2,1H3,(H,17,20)(H,18,22)/t13-/m1/s1. The number of benzene rings is 1. The number of ether oxygens (including phenoxy) is 1. The van der Waals surface area contributed by atoms with Crippen molar-refractivity contribution in [1.29, 1.82) is 0 Å². The summed E-state index contributed by atoms with van der Waals surface area (Å²) >= 11 is 0. The summed E-state index contributed by atoms with van der Waals surface area (Å²) in [4.78, 5) is 36.5. The van der Waals surface area contributed by atoms with Gasteiger partial charge in [-0.15, -0.1) is 0 Å². The molecule has 1 aliphatic rings. The van der Waals surface area contributed by atoms with Crippen LogP contribution in [0.25, 0.3) is 0 Å². The summed E-state index contributed by atoms with van der Waals surface area (Å²) in [5.41, 5.74) is 6.78. The molecular weight excluding hydrogens is 300 g/mol. The highest BCUT2D eigenvalue weighted by atomic mass is 16.5. The lowest BCUT2D eigenvalue weighted by Gasteiger charge is -2.27. The molecule has 0 aromatic heterocycles. The zero-order chi connectivity index (χ0) is 16.8. The lowest BCUT2D eigenvalue weighted by Crippen LogP contribution is -2.47. The van der Waals surface area contributed by atoms with E-state index in [9.17, 15) is 14.4 Å². The third-order valence-corrected chi connectivity index (χ3v) is 3.36. The average molecular weight is 320 g/mol. The van der Waals surface area contributed by atoms with Gasteiger partial charge >= 0.3 is 0 Å². The predicted octanol–water partition coefficient (Wildman–Crippen LogP) is -0.548. The number of nitrogens with one attached hydrogen (secondary N) is 2. The van der Waals surface area contributed by atoms with Gasteiger partial charge in [-0.05, 0) is 24.3 Å². The summed E-state index contributed by atoms with van der Waals surface area (Å²) in [6, 6.07) is 6.09. The van der Waals surface area contributed by atoms with Crippen LogP contribution in [-0.2, 0) is 19.1 Å². The Bertz CT molecular complexity index is 588. The molecule has 2 rings (SSSR count). The first kappa shape index (κ1) is 16.9. The molecule has 3 amide bonds. The number of carbonyl (C=O) groups is 3. The van der Waals surface area contributed by atoms with Crippen LogP contribution in [-0.4, -0.2) is 50.1 Å². The second-order valence-corrected chi connectivity index (χ2v) is 5.12. The molecule has 4 N–H and O–H groups in total. The first-order valence-corrected chi connectivity index (χ1v) is 7.27. The summed E-state index contributed by atoms with van der Waals surface area (Å²) < 4.78 is 5.09. The van der Waals surface area contributed by atoms with Crippen molar-refractivity contribution in [2.24, 2.45) is 5.73 Å². The minimum Gasteiger partial charge on any atom is -0.370 e. The average Bonchev–Trinajstić information content (AvgIpc) is 2.53. The van der Waals surface area contributed by atoms with Gasteiger partial charge in [-0.25, -0.2) is 0 Å². The Morgan fingerprint density at radius 3 is 2.61 bits per heavy atom. The van der Waals surface area contributed by atoms with E-state index in [0.29, 0.717) is 18.8 Å². The number of hydrogen-bond donors (Lipinski definition) is 3. The molecule has 0 unspecified atom stereocenters. The van der Waals surface area contributed by atoms with Crippen molar-refractivity contribution in [3.8, 4) is 0 Å². The molecule has 23 heavy (non-hydrogen) atoms. The van der Waals surface area contributed by atoms with E-state index in [1.165, 1.54) is 6.92 Å². The van der Waals surface area contributed by atoms with Crippen LogP contribution in [0.1, 0.15) is 6.92 Å². The van der Waals surface area contributed by atoms with Gasteiger partial charge in [0, 0.05) is 31.4 Å². The minimum absolute atomic E-state index is 0.00573. The molecular formula is C15H20N4O4. The quantitative estimate of drug-likeness (QED) is 0.674. The highest BCUT2D eigenvalue weighted by molar-refractivity contribution is 5.98. The highest BCUT2D eigenvalue weighted by Gasteiger charge is 2.21. The second-order valence-electron chi connectivity index (χ2n) is 5.12. The zero-order valence-corrected chi connectivity index (χ0v) is 12.9. The third kappa shape index (κ3) is 4.51. The van der Waals surface area contributed by atoms with E-state index in [2.05, 4.69) is 10.6 Å². The van der Waals surface area contributed by atoms with Gasteiger partial charge in [-0.2, -0.15) is 0 Å². The van der Waals surface area contributed by atoms with Crippen molar-refractivity contribution in [2.75, 3.05) is 36.5 Å². The molecule has 1 aromatic carbocycles. The Morgan fingerprint density at radius 2 is 2.04 bits per heavy atom. The molecule has 1 saturated heterocycles. The molecule has 8 heteroatoms. The van der Waals surface area contributed by atoms with Crippen molar-refractivity contribution in [2.45, 2.75) is 13.0 Å². The lowest BCUT2D eigenvalue weighted by molar-refractivity contribution is -0.125. The Hall–Kier alpha value is -2.45. The fourth-order valence-corrected chi connectivity index (χ4v) is 2.22. The van der Waals surface area contributed by atoms with Crippen LogP contribution < -0.4 is 21.3 Å². The number of nitrogens with zero attached hydrogens (tertiary/aromatic N) is 1. The fraction of sp³-hybridized carbons (Fsp3) is 0.400. The van der Waals surface area contributed by atoms with E-state index in [0.717, 1.165) is 5.69 Å². The van der Waals surface area contributed by atoms with Crippen LogP contribution in [0, 0.1) is 0 Å². The van der Waals surface area contributed by atoms with E-state index in [-0.39, 0.29) is 25.0 Å². The highest BCUT2D eigenvalue weighted by Crippen LogP contribution is 2.19. The smallest absolute Gasteiger partial charge is 0.253 e. The normalized spacial score (nSPS) is 15.9. The van der Waals surface area contributed by atoms with E-state index >= 15 is 0 Å². The first-order chi connectivity index (χ1) is 11.0. The Morgan fingerprint density at radius 1 is 1.35 bits per heavy atom. The molecule has 8 nitrogen and oxygen atoms in total. The molecule has 0 bridgehead atoms. The monoisotopic (exact) mass is 320 g/mol. The van der Waals surface area contributed by atoms with Gasteiger partial charge in [0.2, 0.25) is 11.8 Å². The largest absolute Gasteiger partial charge is 0.370 e. The lowest BCUT2D eigenvalue weighted by atomic mass is 10.2. The van der Waals surface area contributed by atoms with Crippen molar-refractivity contribution >= 4 is 29.1 Å². The van der Waals surface area contributed by atoms with Gasteiger partial charge in [0.15, 0.2) is 0 Å². The van der Waals surface area contributed by atoms with Crippen LogP contribution in [0.4, 0.5) is 11.4 Å². The number of rotatable bonds is 5. The SMILES string of the molecule is CC(=O)N[C@H](CN)C(=O)Nc1ccc(N2CCOCC2=O)cc1. The van der Waals surface area contributed by atoms with Gasteiger partial charge in [-0.3, -0.25) is 14.4 Å².